The van der Waals surface area contributed by atoms with Gasteiger partial charge in [0.15, 0.2) is 5.69 Å². The highest BCUT2D eigenvalue weighted by Crippen LogP contribution is 2.08. The number of carbonyl (C=O) groups excluding carboxylic acids is 1. The van der Waals surface area contributed by atoms with Gasteiger partial charge in [-0.25, -0.2) is 4.39 Å². The van der Waals surface area contributed by atoms with Crippen LogP contribution in [-0.4, -0.2) is 40.0 Å². The second-order valence-electron chi connectivity index (χ2n) is 4.99. The fourth-order valence-corrected chi connectivity index (χ4v) is 2.29. The van der Waals surface area contributed by atoms with Crippen molar-refractivity contribution >= 4 is 5.91 Å². The summed E-state index contributed by atoms with van der Waals surface area (Å²) in [7, 11) is 0. The molecule has 1 aliphatic rings. The van der Waals surface area contributed by atoms with Gasteiger partial charge in [0.25, 0.3) is 5.91 Å². The van der Waals surface area contributed by atoms with Crippen LogP contribution in [0.25, 0.3) is 5.69 Å². The lowest BCUT2D eigenvalue weighted by Gasteiger charge is -2.23. The molecule has 1 amide bonds. The number of hydrogen-bond donors (Lipinski definition) is 2. The number of nitrogens with zero attached hydrogens (tertiary/aromatic N) is 3. The number of aromatic nitrogens is 3. The molecular formula is C14H16FN5O. The number of benzene rings is 1. The Morgan fingerprint density at radius 1 is 1.29 bits per heavy atom. The summed E-state index contributed by atoms with van der Waals surface area (Å²) in [5.74, 6) is -0.551. The standard InChI is InChI=1S/C14H16FN5O/c15-10-1-3-12(4-2-10)20-17-9-13(19-20)14(21)18-11-5-7-16-8-6-11/h1-4,9,11,16H,5-8H2,(H,18,21). The number of hydrogen-bond acceptors (Lipinski definition) is 4. The zero-order valence-corrected chi connectivity index (χ0v) is 11.4. The summed E-state index contributed by atoms with van der Waals surface area (Å²) in [6.07, 6.45) is 3.25. The SMILES string of the molecule is O=C(NC1CCNCC1)c1cnn(-c2ccc(F)cc2)n1. The minimum atomic E-state index is -0.324. The van der Waals surface area contributed by atoms with Gasteiger partial charge in [0.2, 0.25) is 0 Å². The van der Waals surface area contributed by atoms with Crippen LogP contribution in [0.1, 0.15) is 23.3 Å². The average Bonchev–Trinajstić information content (AvgIpc) is 2.99. The first-order valence-corrected chi connectivity index (χ1v) is 6.92. The molecule has 1 fully saturated rings. The third-order valence-corrected chi connectivity index (χ3v) is 3.46. The molecule has 0 saturated carbocycles. The molecule has 2 N–H and O–H groups in total. The molecule has 3 rings (SSSR count). The van der Waals surface area contributed by atoms with Gasteiger partial charge in [-0.3, -0.25) is 4.79 Å². The Morgan fingerprint density at radius 2 is 2.00 bits per heavy atom. The van der Waals surface area contributed by atoms with Crippen LogP contribution in [0.5, 0.6) is 0 Å². The van der Waals surface area contributed by atoms with Crippen molar-refractivity contribution in [3.05, 3.63) is 42.0 Å². The molecule has 110 valence electrons. The quantitative estimate of drug-likeness (QED) is 0.880. The molecule has 2 heterocycles. The number of carbonyl (C=O) groups is 1. The summed E-state index contributed by atoms with van der Waals surface area (Å²) in [6.45, 7) is 1.82. The maximum atomic E-state index is 12.9. The first-order valence-electron chi connectivity index (χ1n) is 6.92. The summed E-state index contributed by atoms with van der Waals surface area (Å²) < 4.78 is 12.9. The Bertz CT molecular complexity index is 619. The van der Waals surface area contributed by atoms with Crippen molar-refractivity contribution in [1.82, 2.24) is 25.6 Å². The molecule has 0 spiro atoms. The Hall–Kier alpha value is -2.28. The van der Waals surface area contributed by atoms with Gasteiger partial charge >= 0.3 is 0 Å². The smallest absolute Gasteiger partial charge is 0.273 e. The van der Waals surface area contributed by atoms with Crippen molar-refractivity contribution < 1.29 is 9.18 Å². The van der Waals surface area contributed by atoms with Gasteiger partial charge in [-0.1, -0.05) is 0 Å². The topological polar surface area (TPSA) is 71.8 Å². The fraction of sp³-hybridized carbons (Fsp3) is 0.357. The van der Waals surface area contributed by atoms with Crippen LogP contribution in [0.3, 0.4) is 0 Å². The maximum Gasteiger partial charge on any atom is 0.273 e. The van der Waals surface area contributed by atoms with Crippen molar-refractivity contribution in [3.8, 4) is 5.69 Å². The largest absolute Gasteiger partial charge is 0.348 e. The molecule has 1 aliphatic heterocycles. The molecule has 1 aromatic heterocycles. The van der Waals surface area contributed by atoms with Crippen LogP contribution in [0.2, 0.25) is 0 Å². The molecule has 7 heteroatoms. The zero-order chi connectivity index (χ0) is 14.7. The van der Waals surface area contributed by atoms with Crippen LogP contribution < -0.4 is 10.6 Å². The number of rotatable bonds is 3. The van der Waals surface area contributed by atoms with E-state index in [1.807, 2.05) is 0 Å². The zero-order valence-electron chi connectivity index (χ0n) is 11.4. The Kier molecular flexibility index (Phi) is 3.92. The summed E-state index contributed by atoms with van der Waals surface area (Å²) >= 11 is 0. The van der Waals surface area contributed by atoms with E-state index in [2.05, 4.69) is 20.8 Å². The number of halogens is 1. The lowest BCUT2D eigenvalue weighted by Crippen LogP contribution is -2.42. The first-order chi connectivity index (χ1) is 10.2. The van der Waals surface area contributed by atoms with Gasteiger partial charge in [0, 0.05) is 6.04 Å². The molecule has 2 aromatic rings. The van der Waals surface area contributed by atoms with Gasteiger partial charge in [0.05, 0.1) is 11.9 Å². The highest BCUT2D eigenvalue weighted by molar-refractivity contribution is 5.92. The van der Waals surface area contributed by atoms with Crippen LogP contribution in [0, 0.1) is 5.82 Å². The number of amides is 1. The second-order valence-corrected chi connectivity index (χ2v) is 4.99. The van der Waals surface area contributed by atoms with E-state index in [-0.39, 0.29) is 23.5 Å². The third-order valence-electron chi connectivity index (χ3n) is 3.46. The summed E-state index contributed by atoms with van der Waals surface area (Å²) in [5.41, 5.74) is 0.871. The lowest BCUT2D eigenvalue weighted by atomic mass is 10.1. The number of piperidine rings is 1. The third kappa shape index (κ3) is 3.25. The Balaban J connectivity index is 1.69. The van der Waals surface area contributed by atoms with Crippen molar-refractivity contribution in [2.24, 2.45) is 0 Å². The van der Waals surface area contributed by atoms with Crippen molar-refractivity contribution in [2.75, 3.05) is 13.1 Å². The number of nitrogens with one attached hydrogen (secondary N) is 2. The first kappa shape index (κ1) is 13.7. The second kappa shape index (κ2) is 6.01. The van der Waals surface area contributed by atoms with Gasteiger partial charge in [-0.15, -0.1) is 5.10 Å². The Labute approximate surface area is 121 Å². The van der Waals surface area contributed by atoms with Gasteiger partial charge in [-0.05, 0) is 50.2 Å². The molecule has 0 unspecified atom stereocenters. The molecule has 0 aliphatic carbocycles. The van der Waals surface area contributed by atoms with Crippen LogP contribution in [0.4, 0.5) is 4.39 Å². The van der Waals surface area contributed by atoms with Crippen molar-refractivity contribution in [2.45, 2.75) is 18.9 Å². The lowest BCUT2D eigenvalue weighted by molar-refractivity contribution is 0.0924. The highest BCUT2D eigenvalue weighted by Gasteiger charge is 2.18. The van der Waals surface area contributed by atoms with E-state index < -0.39 is 0 Å². The van der Waals surface area contributed by atoms with E-state index >= 15 is 0 Å². The van der Waals surface area contributed by atoms with Crippen molar-refractivity contribution in [1.29, 1.82) is 0 Å². The van der Waals surface area contributed by atoms with E-state index in [1.54, 1.807) is 12.1 Å². The average molecular weight is 289 g/mol. The Morgan fingerprint density at radius 3 is 2.71 bits per heavy atom. The highest BCUT2D eigenvalue weighted by atomic mass is 19.1. The molecule has 6 nitrogen and oxygen atoms in total. The normalized spacial score (nSPS) is 15.9. The molecule has 0 radical (unpaired) electrons. The van der Waals surface area contributed by atoms with E-state index in [0.29, 0.717) is 5.69 Å². The van der Waals surface area contributed by atoms with Crippen LogP contribution in [0.15, 0.2) is 30.5 Å². The molecule has 0 atom stereocenters. The predicted molar refractivity (Wildman–Crippen MR) is 74.7 cm³/mol. The van der Waals surface area contributed by atoms with E-state index in [9.17, 15) is 9.18 Å². The summed E-state index contributed by atoms with van der Waals surface area (Å²) in [4.78, 5) is 13.4. The van der Waals surface area contributed by atoms with Gasteiger partial charge in [0.1, 0.15) is 5.82 Å². The summed E-state index contributed by atoms with van der Waals surface area (Å²) in [5, 5.41) is 14.4. The monoisotopic (exact) mass is 289 g/mol. The molecule has 1 aromatic carbocycles. The molecule has 1 saturated heterocycles. The molecule has 0 bridgehead atoms. The maximum absolute atomic E-state index is 12.9. The molecule has 21 heavy (non-hydrogen) atoms. The fourth-order valence-electron chi connectivity index (χ4n) is 2.29. The predicted octanol–water partition coefficient (Wildman–Crippen LogP) is 0.888. The van der Waals surface area contributed by atoms with Crippen LogP contribution in [-0.2, 0) is 0 Å². The van der Waals surface area contributed by atoms with Crippen LogP contribution >= 0.6 is 0 Å². The minimum Gasteiger partial charge on any atom is -0.348 e. The minimum absolute atomic E-state index is 0.176. The van der Waals surface area contributed by atoms with E-state index in [4.69, 9.17) is 0 Å². The van der Waals surface area contributed by atoms with Gasteiger partial charge in [-0.2, -0.15) is 9.90 Å². The van der Waals surface area contributed by atoms with E-state index in [1.165, 1.54) is 23.1 Å². The molecular weight excluding hydrogens is 273 g/mol. The van der Waals surface area contributed by atoms with E-state index in [0.717, 1.165) is 25.9 Å². The van der Waals surface area contributed by atoms with Gasteiger partial charge < -0.3 is 10.6 Å². The summed E-state index contributed by atoms with van der Waals surface area (Å²) in [6, 6.07) is 5.95. The van der Waals surface area contributed by atoms with Crippen molar-refractivity contribution in [3.63, 3.8) is 0 Å².